The highest BCUT2D eigenvalue weighted by molar-refractivity contribution is 5.84. The van der Waals surface area contributed by atoms with E-state index in [9.17, 15) is 10.0 Å². The third-order valence-electron chi connectivity index (χ3n) is 3.59. The number of hydrogen-bond donors (Lipinski definition) is 1. The van der Waals surface area contributed by atoms with E-state index in [-0.39, 0.29) is 23.2 Å². The average molecular weight is 213 g/mol. The van der Waals surface area contributed by atoms with Crippen molar-refractivity contribution in [2.24, 2.45) is 11.8 Å². The van der Waals surface area contributed by atoms with Crippen LogP contribution in [-0.2, 0) is 4.79 Å². The molecule has 0 aromatic heterocycles. The minimum atomic E-state index is -0.454. The van der Waals surface area contributed by atoms with Gasteiger partial charge in [-0.15, -0.1) is 0 Å². The highest BCUT2D eigenvalue weighted by Crippen LogP contribution is 2.44. The molecule has 0 aromatic carbocycles. The molecule has 0 aromatic rings. The van der Waals surface area contributed by atoms with Gasteiger partial charge in [-0.05, 0) is 34.1 Å². The molecular formula is C12H23NO2. The van der Waals surface area contributed by atoms with Crippen molar-refractivity contribution in [2.75, 3.05) is 0 Å². The van der Waals surface area contributed by atoms with Gasteiger partial charge in [0.25, 0.3) is 0 Å². The third kappa shape index (κ3) is 1.95. The van der Waals surface area contributed by atoms with Crippen molar-refractivity contribution in [3.8, 4) is 0 Å². The van der Waals surface area contributed by atoms with Crippen LogP contribution < -0.4 is 0 Å². The summed E-state index contributed by atoms with van der Waals surface area (Å²) in [5.74, 6) is 0.221. The largest absolute Gasteiger partial charge is 0.313 e. The smallest absolute Gasteiger partial charge is 0.140 e. The number of hydroxylamine groups is 2. The summed E-state index contributed by atoms with van der Waals surface area (Å²) in [4.78, 5) is 12.1. The lowest BCUT2D eigenvalue weighted by atomic mass is 9.80. The number of carbonyl (C=O) groups excluding carboxylic acids is 1. The van der Waals surface area contributed by atoms with Crippen LogP contribution in [0.4, 0.5) is 0 Å². The van der Waals surface area contributed by atoms with Crippen LogP contribution in [-0.4, -0.2) is 27.1 Å². The molecule has 3 nitrogen and oxygen atoms in total. The van der Waals surface area contributed by atoms with Crippen molar-refractivity contribution >= 4 is 5.78 Å². The highest BCUT2D eigenvalue weighted by atomic mass is 16.5. The molecule has 1 unspecified atom stereocenters. The molecule has 1 atom stereocenters. The summed E-state index contributed by atoms with van der Waals surface area (Å²) in [6.45, 7) is 11.7. The van der Waals surface area contributed by atoms with Crippen LogP contribution in [0.25, 0.3) is 0 Å². The minimum absolute atomic E-state index is 0.0385. The zero-order valence-electron chi connectivity index (χ0n) is 10.7. The molecule has 0 amide bonds. The monoisotopic (exact) mass is 213 g/mol. The van der Waals surface area contributed by atoms with E-state index in [0.717, 1.165) is 6.42 Å². The van der Waals surface area contributed by atoms with Crippen LogP contribution in [0.2, 0.25) is 0 Å². The lowest BCUT2D eigenvalue weighted by molar-refractivity contribution is -0.197. The molecule has 1 saturated heterocycles. The lowest BCUT2D eigenvalue weighted by Crippen LogP contribution is -2.48. The Morgan fingerprint density at radius 2 is 1.80 bits per heavy atom. The Bertz CT molecular complexity index is 269. The lowest BCUT2D eigenvalue weighted by Gasteiger charge is -2.35. The number of Topliss-reactive ketones (excluding diaryl/α,β-unsaturated/α-hetero) is 1. The number of carbonyl (C=O) groups is 1. The molecule has 0 bridgehead atoms. The molecule has 1 N–H and O–H groups in total. The fourth-order valence-electron chi connectivity index (χ4n) is 2.61. The molecule has 15 heavy (non-hydrogen) atoms. The van der Waals surface area contributed by atoms with Gasteiger partial charge in [-0.3, -0.25) is 4.79 Å². The van der Waals surface area contributed by atoms with Crippen LogP contribution in [0.1, 0.15) is 48.0 Å². The van der Waals surface area contributed by atoms with Gasteiger partial charge in [0, 0.05) is 17.4 Å². The Morgan fingerprint density at radius 3 is 2.07 bits per heavy atom. The van der Waals surface area contributed by atoms with E-state index in [4.69, 9.17) is 0 Å². The molecule has 1 aliphatic heterocycles. The molecule has 0 spiro atoms. The van der Waals surface area contributed by atoms with Crippen LogP contribution in [0.3, 0.4) is 0 Å². The molecule has 3 heteroatoms. The van der Waals surface area contributed by atoms with Crippen LogP contribution in [0, 0.1) is 11.8 Å². The van der Waals surface area contributed by atoms with Crippen LogP contribution in [0.15, 0.2) is 0 Å². The quantitative estimate of drug-likeness (QED) is 0.766. The Morgan fingerprint density at radius 1 is 1.33 bits per heavy atom. The number of ketones is 1. The van der Waals surface area contributed by atoms with Crippen molar-refractivity contribution < 1.29 is 10.0 Å². The molecule has 1 heterocycles. The summed E-state index contributed by atoms with van der Waals surface area (Å²) < 4.78 is 0. The maximum atomic E-state index is 12.1. The zero-order chi connectivity index (χ0) is 12.0. The van der Waals surface area contributed by atoms with Crippen molar-refractivity contribution in [1.29, 1.82) is 0 Å². The standard InChI is InChI=1S/C12H23NO2/c1-8(2)10(14)9-7-11(3,4)13(15)12(9,5)6/h8-9,15H,7H2,1-6H3. The van der Waals surface area contributed by atoms with Crippen LogP contribution >= 0.6 is 0 Å². The second-order valence-electron chi connectivity index (χ2n) is 6.09. The van der Waals surface area contributed by atoms with Crippen molar-refractivity contribution in [3.05, 3.63) is 0 Å². The van der Waals surface area contributed by atoms with Gasteiger partial charge in [0.1, 0.15) is 5.78 Å². The van der Waals surface area contributed by atoms with Gasteiger partial charge in [0.15, 0.2) is 0 Å². The van der Waals surface area contributed by atoms with E-state index in [1.54, 1.807) is 0 Å². The molecule has 0 aliphatic carbocycles. The predicted octanol–water partition coefficient (Wildman–Crippen LogP) is 2.48. The summed E-state index contributed by atoms with van der Waals surface area (Å²) in [6, 6.07) is 0. The number of nitrogens with zero attached hydrogens (tertiary/aromatic N) is 1. The van der Waals surface area contributed by atoms with E-state index >= 15 is 0 Å². The van der Waals surface area contributed by atoms with E-state index in [2.05, 4.69) is 0 Å². The Balaban J connectivity index is 2.99. The summed E-state index contributed by atoms with van der Waals surface area (Å²) >= 11 is 0. The Kier molecular flexibility index (Phi) is 3.01. The highest BCUT2D eigenvalue weighted by Gasteiger charge is 2.54. The maximum absolute atomic E-state index is 12.1. The first-order chi connectivity index (χ1) is 6.60. The van der Waals surface area contributed by atoms with Gasteiger partial charge in [0.05, 0.1) is 5.54 Å². The van der Waals surface area contributed by atoms with E-state index in [1.165, 1.54) is 5.06 Å². The van der Waals surface area contributed by atoms with Crippen molar-refractivity contribution in [3.63, 3.8) is 0 Å². The second kappa shape index (κ2) is 3.56. The molecule has 88 valence electrons. The van der Waals surface area contributed by atoms with Crippen molar-refractivity contribution in [1.82, 2.24) is 5.06 Å². The maximum Gasteiger partial charge on any atom is 0.140 e. The summed E-state index contributed by atoms with van der Waals surface area (Å²) in [5.41, 5.74) is -0.760. The van der Waals surface area contributed by atoms with Gasteiger partial charge in [-0.2, -0.15) is 5.06 Å². The first-order valence-corrected chi connectivity index (χ1v) is 5.63. The molecule has 1 fully saturated rings. The summed E-state index contributed by atoms with van der Waals surface area (Å²) in [7, 11) is 0. The minimum Gasteiger partial charge on any atom is -0.313 e. The normalized spacial score (nSPS) is 29.7. The van der Waals surface area contributed by atoms with Gasteiger partial charge < -0.3 is 5.21 Å². The Labute approximate surface area is 92.4 Å². The summed E-state index contributed by atoms with van der Waals surface area (Å²) in [6.07, 6.45) is 0.730. The van der Waals surface area contributed by atoms with Gasteiger partial charge in [-0.1, -0.05) is 13.8 Å². The first-order valence-electron chi connectivity index (χ1n) is 5.63. The topological polar surface area (TPSA) is 40.5 Å². The fourth-order valence-corrected chi connectivity index (χ4v) is 2.61. The molecule has 1 rings (SSSR count). The number of rotatable bonds is 2. The first kappa shape index (κ1) is 12.7. The SMILES string of the molecule is CC(C)C(=O)C1CC(C)(C)N(O)C1(C)C. The Hall–Kier alpha value is -0.410. The fraction of sp³-hybridized carbons (Fsp3) is 0.917. The van der Waals surface area contributed by atoms with E-state index < -0.39 is 5.54 Å². The average Bonchev–Trinajstić information content (AvgIpc) is 2.25. The molecular weight excluding hydrogens is 190 g/mol. The molecule has 0 radical (unpaired) electrons. The van der Waals surface area contributed by atoms with Gasteiger partial charge >= 0.3 is 0 Å². The zero-order valence-corrected chi connectivity index (χ0v) is 10.7. The van der Waals surface area contributed by atoms with E-state index in [1.807, 2.05) is 41.5 Å². The second-order valence-corrected chi connectivity index (χ2v) is 6.09. The van der Waals surface area contributed by atoms with Gasteiger partial charge in [-0.25, -0.2) is 0 Å². The molecule has 1 aliphatic rings. The van der Waals surface area contributed by atoms with Gasteiger partial charge in [0.2, 0.25) is 0 Å². The van der Waals surface area contributed by atoms with Crippen LogP contribution in [0.5, 0.6) is 0 Å². The third-order valence-corrected chi connectivity index (χ3v) is 3.59. The molecule has 0 saturated carbocycles. The van der Waals surface area contributed by atoms with Crippen molar-refractivity contribution in [2.45, 2.75) is 59.0 Å². The number of hydrogen-bond acceptors (Lipinski definition) is 3. The summed E-state index contributed by atoms with van der Waals surface area (Å²) in [5, 5.41) is 11.4. The predicted molar refractivity (Wildman–Crippen MR) is 59.7 cm³/mol. The van der Waals surface area contributed by atoms with E-state index in [0.29, 0.717) is 0 Å².